The Hall–Kier alpha value is -2.29. The Morgan fingerprint density at radius 3 is 1.38 bits per heavy atom. The summed E-state index contributed by atoms with van der Waals surface area (Å²) in [6.45, 7) is 12.0. The Kier molecular flexibility index (Phi) is 12.6. The standard InChI is InChI=1S/C32H35O5PS4/c1-7-36-31(39)41-18-24-14-20(3)27(21(4)15-24)29(33)38(35,26-12-10-9-11-13-26)30(34)28-22(5)16-25(17-23(28)6)19-42-32(40)37-8-2/h9-17H,7-8,18-19H2,1-6H3. The number of benzene rings is 3. The Bertz CT molecular complexity index is 1410. The first-order chi connectivity index (χ1) is 19.9. The van der Waals surface area contributed by atoms with Crippen molar-refractivity contribution >= 4 is 80.2 Å². The molecule has 0 N–H and O–H groups in total. The number of aryl methyl sites for hydroxylation is 4. The summed E-state index contributed by atoms with van der Waals surface area (Å²) in [7, 11) is -4.29. The molecule has 0 saturated heterocycles. The van der Waals surface area contributed by atoms with Crippen LogP contribution in [0.1, 0.15) is 67.9 Å². The van der Waals surface area contributed by atoms with E-state index in [1.54, 1.807) is 30.3 Å². The lowest BCUT2D eigenvalue weighted by molar-refractivity contribution is 0.104. The van der Waals surface area contributed by atoms with Crippen LogP contribution >= 0.6 is 55.1 Å². The first-order valence-electron chi connectivity index (χ1n) is 13.5. The molecule has 0 fully saturated rings. The summed E-state index contributed by atoms with van der Waals surface area (Å²) in [5.74, 6) is 1.14. The molecule has 3 aromatic carbocycles. The van der Waals surface area contributed by atoms with Crippen LogP contribution in [0.2, 0.25) is 0 Å². The molecule has 0 unspecified atom stereocenters. The van der Waals surface area contributed by atoms with E-state index < -0.39 is 18.2 Å². The summed E-state index contributed by atoms with van der Waals surface area (Å²) in [4.78, 5) is 28.7. The van der Waals surface area contributed by atoms with Crippen molar-refractivity contribution < 1.29 is 23.6 Å². The van der Waals surface area contributed by atoms with Crippen LogP contribution in [0, 0.1) is 27.7 Å². The SMILES string of the molecule is CCOC(=S)SCc1cc(C)c(C(=O)P(=O)(C(=O)c2c(C)cc(CSC(=S)OCC)cc2C)c2ccccc2)c(C)c1. The van der Waals surface area contributed by atoms with E-state index in [-0.39, 0.29) is 5.30 Å². The average molecular weight is 659 g/mol. The molecule has 3 aromatic rings. The number of hydrogen-bond acceptors (Lipinski definition) is 9. The molecule has 0 bridgehead atoms. The monoisotopic (exact) mass is 658 g/mol. The Labute approximate surface area is 267 Å². The molecule has 0 spiro atoms. The van der Waals surface area contributed by atoms with Crippen molar-refractivity contribution in [2.45, 2.75) is 53.0 Å². The van der Waals surface area contributed by atoms with Crippen LogP contribution in [0.15, 0.2) is 54.6 Å². The topological polar surface area (TPSA) is 69.7 Å². The van der Waals surface area contributed by atoms with E-state index in [0.29, 0.717) is 66.9 Å². The maximum atomic E-state index is 15.0. The second-order valence-electron chi connectivity index (χ2n) is 9.71. The lowest BCUT2D eigenvalue weighted by Crippen LogP contribution is -2.23. The summed E-state index contributed by atoms with van der Waals surface area (Å²) in [5, 5.41) is 0.223. The minimum absolute atomic E-state index is 0.223. The molecule has 5 nitrogen and oxygen atoms in total. The molecule has 0 aromatic heterocycles. The van der Waals surface area contributed by atoms with Crippen LogP contribution in [-0.4, -0.2) is 33.0 Å². The van der Waals surface area contributed by atoms with Crippen molar-refractivity contribution in [1.29, 1.82) is 0 Å². The molecule has 0 atom stereocenters. The van der Waals surface area contributed by atoms with Gasteiger partial charge in [-0.05, 0) is 99.4 Å². The van der Waals surface area contributed by atoms with Gasteiger partial charge in [-0.15, -0.1) is 0 Å². The van der Waals surface area contributed by atoms with Crippen molar-refractivity contribution in [2.75, 3.05) is 13.2 Å². The molecule has 42 heavy (non-hydrogen) atoms. The van der Waals surface area contributed by atoms with Crippen LogP contribution < -0.4 is 5.30 Å². The van der Waals surface area contributed by atoms with Gasteiger partial charge in [0.15, 0.2) is 0 Å². The van der Waals surface area contributed by atoms with Gasteiger partial charge < -0.3 is 14.0 Å². The van der Waals surface area contributed by atoms with Gasteiger partial charge in [0, 0.05) is 27.9 Å². The third kappa shape index (κ3) is 8.00. The molecule has 0 aliphatic heterocycles. The van der Waals surface area contributed by atoms with Gasteiger partial charge in [0.1, 0.15) is 0 Å². The van der Waals surface area contributed by atoms with Crippen molar-refractivity contribution in [3.05, 3.63) is 99.1 Å². The van der Waals surface area contributed by atoms with Gasteiger partial charge in [-0.3, -0.25) is 9.59 Å². The molecule has 0 amide bonds. The van der Waals surface area contributed by atoms with Gasteiger partial charge in [-0.2, -0.15) is 0 Å². The lowest BCUT2D eigenvalue weighted by Gasteiger charge is -2.21. The molecule has 0 saturated carbocycles. The zero-order valence-electron chi connectivity index (χ0n) is 24.6. The smallest absolute Gasteiger partial charge is 0.248 e. The van der Waals surface area contributed by atoms with E-state index in [9.17, 15) is 14.2 Å². The summed E-state index contributed by atoms with van der Waals surface area (Å²) in [5.41, 5.74) is 3.86. The number of carbonyl (C=O) groups excluding carboxylic acids is 2. The van der Waals surface area contributed by atoms with Gasteiger partial charge in [0.2, 0.25) is 27.0 Å². The third-order valence-corrected chi connectivity index (χ3v) is 11.8. The molecule has 3 rings (SSSR count). The van der Waals surface area contributed by atoms with Crippen molar-refractivity contribution in [3.8, 4) is 0 Å². The first kappa shape index (κ1) is 34.2. The fourth-order valence-corrected chi connectivity index (χ4v) is 9.31. The molecular formula is C32H35O5PS4. The number of hydrogen-bond donors (Lipinski definition) is 0. The molecule has 222 valence electrons. The van der Waals surface area contributed by atoms with E-state index in [1.807, 2.05) is 65.8 Å². The maximum Gasteiger partial charge on any atom is 0.248 e. The third-order valence-electron chi connectivity index (χ3n) is 6.54. The minimum Gasteiger partial charge on any atom is -0.479 e. The number of thioether (sulfide) groups is 2. The predicted molar refractivity (Wildman–Crippen MR) is 185 cm³/mol. The zero-order chi connectivity index (χ0) is 31.0. The summed E-state index contributed by atoms with van der Waals surface area (Å²) in [6.07, 6.45) is 0. The Morgan fingerprint density at radius 2 is 1.05 bits per heavy atom. The molecule has 0 radical (unpaired) electrons. The van der Waals surface area contributed by atoms with Crippen molar-refractivity contribution in [1.82, 2.24) is 0 Å². The Morgan fingerprint density at radius 1 is 0.690 bits per heavy atom. The normalized spacial score (nSPS) is 11.2. The highest BCUT2D eigenvalue weighted by molar-refractivity contribution is 8.22. The van der Waals surface area contributed by atoms with Gasteiger partial charge in [-0.25, -0.2) is 0 Å². The number of thiocarbonyl (C=S) groups is 2. The van der Waals surface area contributed by atoms with Gasteiger partial charge >= 0.3 is 0 Å². The molecule has 0 aliphatic carbocycles. The second-order valence-corrected chi connectivity index (χ2v) is 15.4. The van der Waals surface area contributed by atoms with Gasteiger partial charge in [0.25, 0.3) is 0 Å². The minimum atomic E-state index is -4.29. The van der Waals surface area contributed by atoms with Crippen LogP contribution in [0.4, 0.5) is 0 Å². The predicted octanol–water partition coefficient (Wildman–Crippen LogP) is 8.70. The van der Waals surface area contributed by atoms with Gasteiger partial charge in [-0.1, -0.05) is 78.1 Å². The Balaban J connectivity index is 2.05. The fourth-order valence-electron chi connectivity index (χ4n) is 4.83. The highest BCUT2D eigenvalue weighted by Gasteiger charge is 2.44. The maximum absolute atomic E-state index is 15.0. The summed E-state index contributed by atoms with van der Waals surface area (Å²) >= 11 is 13.3. The molecule has 10 heteroatoms. The highest BCUT2D eigenvalue weighted by atomic mass is 32.2. The quantitative estimate of drug-likeness (QED) is 0.149. The van der Waals surface area contributed by atoms with Gasteiger partial charge in [0.05, 0.1) is 13.2 Å². The van der Waals surface area contributed by atoms with E-state index in [2.05, 4.69) is 0 Å². The summed E-state index contributed by atoms with van der Waals surface area (Å²) < 4.78 is 26.6. The van der Waals surface area contributed by atoms with E-state index >= 15 is 0 Å². The van der Waals surface area contributed by atoms with Crippen molar-refractivity contribution in [3.63, 3.8) is 0 Å². The van der Waals surface area contributed by atoms with E-state index in [4.69, 9.17) is 33.9 Å². The number of carbonyl (C=O) groups is 2. The van der Waals surface area contributed by atoms with Crippen LogP contribution in [0.5, 0.6) is 0 Å². The highest BCUT2D eigenvalue weighted by Crippen LogP contribution is 2.52. The average Bonchev–Trinajstić information content (AvgIpc) is 2.94. The summed E-state index contributed by atoms with van der Waals surface area (Å²) in [6, 6.07) is 15.9. The van der Waals surface area contributed by atoms with Crippen molar-refractivity contribution in [2.24, 2.45) is 0 Å². The first-order valence-corrected chi connectivity index (χ1v) is 18.0. The lowest BCUT2D eigenvalue weighted by atomic mass is 10.0. The number of rotatable bonds is 11. The second kappa shape index (κ2) is 15.4. The largest absolute Gasteiger partial charge is 0.479 e. The molecule has 0 heterocycles. The van der Waals surface area contributed by atoms with E-state index in [1.165, 1.54) is 23.5 Å². The van der Waals surface area contributed by atoms with Crippen LogP contribution in [0.25, 0.3) is 0 Å². The molecular weight excluding hydrogens is 624 g/mol. The molecule has 0 aliphatic rings. The zero-order valence-corrected chi connectivity index (χ0v) is 28.8. The van der Waals surface area contributed by atoms with Crippen LogP contribution in [0.3, 0.4) is 0 Å². The van der Waals surface area contributed by atoms with E-state index in [0.717, 1.165) is 11.1 Å². The fraction of sp³-hybridized carbons (Fsp3) is 0.312. The van der Waals surface area contributed by atoms with Crippen LogP contribution in [-0.2, 0) is 25.5 Å². The number of ether oxygens (including phenoxy) is 2.